The van der Waals surface area contributed by atoms with Gasteiger partial charge in [0.2, 0.25) is 0 Å². The lowest BCUT2D eigenvalue weighted by atomic mass is 9.88. The van der Waals surface area contributed by atoms with Gasteiger partial charge in [0.1, 0.15) is 0 Å². The summed E-state index contributed by atoms with van der Waals surface area (Å²) in [4.78, 5) is 0. The second kappa shape index (κ2) is 4.39. The van der Waals surface area contributed by atoms with Gasteiger partial charge in [-0.1, -0.05) is 41.9 Å². The Hall–Kier alpha value is -0.440. The lowest BCUT2D eigenvalue weighted by Crippen LogP contribution is -2.17. The van der Waals surface area contributed by atoms with E-state index in [1.807, 2.05) is 13.8 Å². The highest BCUT2D eigenvalue weighted by molar-refractivity contribution is 9.09. The number of benzene rings is 1. The smallest absolute Gasteiger partial charge is 0.162 e. The Morgan fingerprint density at radius 3 is 2.50 bits per heavy atom. The molecule has 0 aromatic heterocycles. The zero-order valence-corrected chi connectivity index (χ0v) is 9.87. The Bertz CT molecular complexity index is 321. The average Bonchev–Trinajstić information content (AvgIpc) is 2.13. The quantitative estimate of drug-likeness (QED) is 0.725. The summed E-state index contributed by atoms with van der Waals surface area (Å²) in [5.74, 6) is -1.49. The zero-order valence-electron chi connectivity index (χ0n) is 8.28. The van der Waals surface area contributed by atoms with Gasteiger partial charge in [-0.05, 0) is 23.5 Å². The fourth-order valence-electron chi connectivity index (χ4n) is 1.25. The van der Waals surface area contributed by atoms with Crippen molar-refractivity contribution in [2.24, 2.45) is 5.41 Å². The zero-order chi connectivity index (χ0) is 10.8. The topological polar surface area (TPSA) is 0 Å². The highest BCUT2D eigenvalue weighted by atomic mass is 79.9. The predicted octanol–water partition coefficient (Wildman–Crippen LogP) is 3.93. The van der Waals surface area contributed by atoms with E-state index in [4.69, 9.17) is 0 Å². The maximum atomic E-state index is 13.3. The van der Waals surface area contributed by atoms with Gasteiger partial charge >= 0.3 is 0 Å². The molecule has 0 heterocycles. The van der Waals surface area contributed by atoms with Crippen LogP contribution in [0.1, 0.15) is 19.4 Å². The molecule has 1 rings (SSSR count). The van der Waals surface area contributed by atoms with Crippen molar-refractivity contribution in [3.63, 3.8) is 0 Å². The summed E-state index contributed by atoms with van der Waals surface area (Å²) >= 11 is 3.36. The van der Waals surface area contributed by atoms with Crippen LogP contribution in [0.25, 0.3) is 0 Å². The van der Waals surface area contributed by atoms with E-state index in [9.17, 15) is 8.78 Å². The van der Waals surface area contributed by atoms with Crippen molar-refractivity contribution in [2.75, 3.05) is 5.33 Å². The van der Waals surface area contributed by atoms with Crippen LogP contribution in [-0.4, -0.2) is 5.33 Å². The second-order valence-corrected chi connectivity index (χ2v) is 4.75. The minimum atomic E-state index is -0.770. The normalized spacial score (nSPS) is 11.8. The number of rotatable bonds is 3. The van der Waals surface area contributed by atoms with Gasteiger partial charge in [-0.15, -0.1) is 0 Å². The third-order valence-corrected chi connectivity index (χ3v) is 3.58. The number of hydrogen-bond acceptors (Lipinski definition) is 0. The van der Waals surface area contributed by atoms with Crippen LogP contribution in [0.5, 0.6) is 0 Å². The number of halogens is 3. The van der Waals surface area contributed by atoms with Crippen molar-refractivity contribution < 1.29 is 8.78 Å². The van der Waals surface area contributed by atoms with Gasteiger partial charge in [0, 0.05) is 5.33 Å². The molecular formula is C11H13BrF2. The first kappa shape index (κ1) is 11.6. The number of alkyl halides is 1. The lowest BCUT2D eigenvalue weighted by Gasteiger charge is -2.21. The largest absolute Gasteiger partial charge is 0.204 e. The molecular weight excluding hydrogens is 250 g/mol. The maximum Gasteiger partial charge on any atom is 0.162 e. The Balaban J connectivity index is 2.92. The Morgan fingerprint density at radius 1 is 1.29 bits per heavy atom. The first-order valence-corrected chi connectivity index (χ1v) is 5.57. The molecule has 0 unspecified atom stereocenters. The summed E-state index contributed by atoms with van der Waals surface area (Å²) in [6.45, 7) is 4.01. The SMILES string of the molecule is CC(C)(CBr)Cc1cccc(F)c1F. The Labute approximate surface area is 91.5 Å². The molecule has 0 spiro atoms. The van der Waals surface area contributed by atoms with Gasteiger partial charge in [-0.2, -0.15) is 0 Å². The molecule has 0 nitrogen and oxygen atoms in total. The summed E-state index contributed by atoms with van der Waals surface area (Å²) in [5, 5.41) is 0.760. The van der Waals surface area contributed by atoms with Crippen molar-refractivity contribution >= 4 is 15.9 Å². The molecule has 0 aliphatic carbocycles. The highest BCUT2D eigenvalue weighted by Crippen LogP contribution is 2.26. The molecule has 0 saturated carbocycles. The molecule has 0 aliphatic heterocycles. The van der Waals surface area contributed by atoms with Crippen LogP contribution in [0.15, 0.2) is 18.2 Å². The number of hydrogen-bond donors (Lipinski definition) is 0. The van der Waals surface area contributed by atoms with Crippen LogP contribution in [0.4, 0.5) is 8.78 Å². The average molecular weight is 263 g/mol. The molecule has 0 N–H and O–H groups in total. The fraction of sp³-hybridized carbons (Fsp3) is 0.455. The molecule has 1 aromatic rings. The summed E-state index contributed by atoms with van der Waals surface area (Å²) in [7, 11) is 0. The first-order chi connectivity index (χ1) is 6.46. The first-order valence-electron chi connectivity index (χ1n) is 4.45. The van der Waals surface area contributed by atoms with E-state index in [1.165, 1.54) is 6.07 Å². The van der Waals surface area contributed by atoms with Crippen LogP contribution in [0.3, 0.4) is 0 Å². The van der Waals surface area contributed by atoms with Crippen molar-refractivity contribution in [1.29, 1.82) is 0 Å². The standard InChI is InChI=1S/C11H13BrF2/c1-11(2,7-12)6-8-4-3-5-9(13)10(8)14/h3-5H,6-7H2,1-2H3. The summed E-state index contributed by atoms with van der Waals surface area (Å²) in [6.07, 6.45) is 0.530. The van der Waals surface area contributed by atoms with E-state index in [2.05, 4.69) is 15.9 Å². The summed E-state index contributed by atoms with van der Waals surface area (Å²) in [5.41, 5.74) is 0.378. The van der Waals surface area contributed by atoms with E-state index in [0.717, 1.165) is 11.4 Å². The van der Waals surface area contributed by atoms with Crippen LogP contribution in [0, 0.1) is 17.0 Å². The molecule has 0 saturated heterocycles. The van der Waals surface area contributed by atoms with Gasteiger partial charge in [0.25, 0.3) is 0 Å². The Morgan fingerprint density at radius 2 is 1.93 bits per heavy atom. The van der Waals surface area contributed by atoms with Crippen molar-refractivity contribution in [2.45, 2.75) is 20.3 Å². The minimum Gasteiger partial charge on any atom is -0.204 e. The highest BCUT2D eigenvalue weighted by Gasteiger charge is 2.19. The molecule has 0 bridgehead atoms. The summed E-state index contributed by atoms with van der Waals surface area (Å²) < 4.78 is 26.1. The van der Waals surface area contributed by atoms with Crippen LogP contribution in [0.2, 0.25) is 0 Å². The van der Waals surface area contributed by atoms with Gasteiger partial charge < -0.3 is 0 Å². The molecule has 0 radical (unpaired) electrons. The van der Waals surface area contributed by atoms with Crippen LogP contribution >= 0.6 is 15.9 Å². The maximum absolute atomic E-state index is 13.3. The Kier molecular flexibility index (Phi) is 3.65. The molecule has 3 heteroatoms. The van der Waals surface area contributed by atoms with Crippen LogP contribution < -0.4 is 0 Å². The monoisotopic (exact) mass is 262 g/mol. The van der Waals surface area contributed by atoms with Crippen LogP contribution in [-0.2, 0) is 6.42 Å². The molecule has 0 aliphatic rings. The van der Waals surface area contributed by atoms with Crippen molar-refractivity contribution in [3.8, 4) is 0 Å². The van der Waals surface area contributed by atoms with Gasteiger partial charge in [-0.3, -0.25) is 0 Å². The van der Waals surface area contributed by atoms with E-state index < -0.39 is 11.6 Å². The molecule has 0 fully saturated rings. The predicted molar refractivity (Wildman–Crippen MR) is 57.6 cm³/mol. The van der Waals surface area contributed by atoms with Crippen molar-refractivity contribution in [1.82, 2.24) is 0 Å². The third-order valence-electron chi connectivity index (χ3n) is 2.06. The fourth-order valence-corrected chi connectivity index (χ4v) is 1.45. The molecule has 1 aromatic carbocycles. The van der Waals surface area contributed by atoms with E-state index in [1.54, 1.807) is 6.07 Å². The van der Waals surface area contributed by atoms with Gasteiger partial charge in [-0.25, -0.2) is 8.78 Å². The molecule has 0 amide bonds. The van der Waals surface area contributed by atoms with E-state index in [0.29, 0.717) is 12.0 Å². The van der Waals surface area contributed by atoms with E-state index in [-0.39, 0.29) is 5.41 Å². The lowest BCUT2D eigenvalue weighted by molar-refractivity contribution is 0.406. The van der Waals surface area contributed by atoms with E-state index >= 15 is 0 Å². The third kappa shape index (κ3) is 2.77. The summed E-state index contributed by atoms with van der Waals surface area (Å²) in [6, 6.07) is 4.31. The second-order valence-electron chi connectivity index (χ2n) is 4.19. The molecule has 14 heavy (non-hydrogen) atoms. The van der Waals surface area contributed by atoms with Gasteiger partial charge in [0.15, 0.2) is 11.6 Å². The molecule has 0 atom stereocenters. The van der Waals surface area contributed by atoms with Gasteiger partial charge in [0.05, 0.1) is 0 Å². The molecule has 78 valence electrons. The van der Waals surface area contributed by atoms with Crippen molar-refractivity contribution in [3.05, 3.63) is 35.4 Å². The minimum absolute atomic E-state index is 0.0609.